The third kappa shape index (κ3) is 5.60. The summed E-state index contributed by atoms with van der Waals surface area (Å²) in [6.45, 7) is 0.527. The number of alkyl carbamates (subject to hydrolysis) is 1. The molecular formula is C18H16ClNO3. The minimum atomic E-state index is -0.494. The summed E-state index contributed by atoms with van der Waals surface area (Å²) in [6.07, 6.45) is 3.74. The van der Waals surface area contributed by atoms with Gasteiger partial charge in [-0.2, -0.15) is 0 Å². The van der Waals surface area contributed by atoms with Crippen LogP contribution < -0.4 is 5.32 Å². The molecule has 0 heterocycles. The molecule has 0 aliphatic carbocycles. The van der Waals surface area contributed by atoms with Gasteiger partial charge < -0.3 is 10.1 Å². The van der Waals surface area contributed by atoms with Crippen LogP contribution in [0.4, 0.5) is 4.79 Å². The average Bonchev–Trinajstić information content (AvgIpc) is 2.59. The summed E-state index contributed by atoms with van der Waals surface area (Å²) in [7, 11) is 0. The number of rotatable bonds is 6. The van der Waals surface area contributed by atoms with E-state index in [0.29, 0.717) is 17.1 Å². The third-order valence-corrected chi connectivity index (χ3v) is 3.37. The molecule has 5 heteroatoms. The molecule has 0 saturated carbocycles. The van der Waals surface area contributed by atoms with Gasteiger partial charge in [0.05, 0.1) is 0 Å². The van der Waals surface area contributed by atoms with E-state index in [-0.39, 0.29) is 6.61 Å². The van der Waals surface area contributed by atoms with E-state index in [0.717, 1.165) is 17.4 Å². The number of benzene rings is 2. The zero-order chi connectivity index (χ0) is 16.5. The van der Waals surface area contributed by atoms with Crippen molar-refractivity contribution in [3.63, 3.8) is 0 Å². The van der Waals surface area contributed by atoms with Gasteiger partial charge in [-0.3, -0.25) is 4.79 Å². The molecule has 23 heavy (non-hydrogen) atoms. The first-order chi connectivity index (χ1) is 11.2. The number of aldehydes is 1. The Morgan fingerprint density at radius 1 is 1.17 bits per heavy atom. The Balaban J connectivity index is 1.78. The Kier molecular flexibility index (Phi) is 6.39. The number of carbonyl (C=O) groups excluding carboxylic acids is 2. The summed E-state index contributed by atoms with van der Waals surface area (Å²) in [6, 6.07) is 14.4. The second-order valence-corrected chi connectivity index (χ2v) is 5.15. The Labute approximate surface area is 139 Å². The highest BCUT2D eigenvalue weighted by atomic mass is 35.5. The van der Waals surface area contributed by atoms with E-state index in [1.54, 1.807) is 30.4 Å². The predicted molar refractivity (Wildman–Crippen MR) is 90.5 cm³/mol. The van der Waals surface area contributed by atoms with Crippen LogP contribution in [-0.2, 0) is 11.3 Å². The quantitative estimate of drug-likeness (QED) is 0.812. The van der Waals surface area contributed by atoms with Gasteiger partial charge >= 0.3 is 6.09 Å². The molecule has 0 fully saturated rings. The molecule has 2 rings (SSSR count). The molecule has 2 aromatic carbocycles. The lowest BCUT2D eigenvalue weighted by molar-refractivity contribution is 0.112. The number of amides is 1. The van der Waals surface area contributed by atoms with Crippen molar-refractivity contribution in [2.45, 2.75) is 6.61 Å². The SMILES string of the molecule is O=Cc1ccc(Cl)c(C=CCNC(=O)OCc2ccccc2)c1. The fraction of sp³-hybridized carbons (Fsp3) is 0.111. The fourth-order valence-corrected chi connectivity index (χ4v) is 2.05. The lowest BCUT2D eigenvalue weighted by Crippen LogP contribution is -2.24. The Hall–Kier alpha value is -2.59. The summed E-state index contributed by atoms with van der Waals surface area (Å²) >= 11 is 6.03. The van der Waals surface area contributed by atoms with Crippen LogP contribution in [0.2, 0.25) is 5.02 Å². The number of hydrogen-bond acceptors (Lipinski definition) is 3. The highest BCUT2D eigenvalue weighted by molar-refractivity contribution is 6.32. The molecule has 118 valence electrons. The normalized spacial score (nSPS) is 10.5. The predicted octanol–water partition coefficient (Wildman–Crippen LogP) is 4.09. The number of carbonyl (C=O) groups is 2. The lowest BCUT2D eigenvalue weighted by Gasteiger charge is -2.05. The molecule has 0 atom stereocenters. The van der Waals surface area contributed by atoms with Crippen molar-refractivity contribution < 1.29 is 14.3 Å². The van der Waals surface area contributed by atoms with Crippen molar-refractivity contribution in [3.05, 3.63) is 76.3 Å². The first-order valence-corrected chi connectivity index (χ1v) is 7.42. The molecule has 1 N–H and O–H groups in total. The molecular weight excluding hydrogens is 314 g/mol. The van der Waals surface area contributed by atoms with E-state index in [1.807, 2.05) is 30.3 Å². The third-order valence-electron chi connectivity index (χ3n) is 3.03. The van der Waals surface area contributed by atoms with Crippen LogP contribution in [0.15, 0.2) is 54.6 Å². The van der Waals surface area contributed by atoms with Crippen molar-refractivity contribution in [3.8, 4) is 0 Å². The van der Waals surface area contributed by atoms with Crippen molar-refractivity contribution in [2.75, 3.05) is 6.54 Å². The van der Waals surface area contributed by atoms with Gasteiger partial charge in [-0.1, -0.05) is 60.2 Å². The molecule has 0 spiro atoms. The Morgan fingerprint density at radius 3 is 2.70 bits per heavy atom. The van der Waals surface area contributed by atoms with Crippen LogP contribution in [0, 0.1) is 0 Å². The van der Waals surface area contributed by atoms with E-state index in [9.17, 15) is 9.59 Å². The number of halogens is 1. The molecule has 1 amide bonds. The average molecular weight is 330 g/mol. The molecule has 0 aliphatic rings. The molecule has 0 radical (unpaired) electrons. The highest BCUT2D eigenvalue weighted by Crippen LogP contribution is 2.18. The van der Waals surface area contributed by atoms with Gasteiger partial charge in [0.25, 0.3) is 0 Å². The summed E-state index contributed by atoms with van der Waals surface area (Å²) in [5.41, 5.74) is 2.19. The molecule has 4 nitrogen and oxygen atoms in total. The van der Waals surface area contributed by atoms with Gasteiger partial charge in [0.15, 0.2) is 0 Å². The summed E-state index contributed by atoms with van der Waals surface area (Å²) < 4.78 is 5.08. The van der Waals surface area contributed by atoms with Crippen molar-refractivity contribution >= 4 is 30.1 Å². The first kappa shape index (κ1) is 16.8. The van der Waals surface area contributed by atoms with Gasteiger partial charge in [-0.25, -0.2) is 4.79 Å². The number of nitrogens with one attached hydrogen (secondary N) is 1. The topological polar surface area (TPSA) is 55.4 Å². The second kappa shape index (κ2) is 8.76. The maximum absolute atomic E-state index is 11.6. The van der Waals surface area contributed by atoms with Crippen molar-refractivity contribution in [2.24, 2.45) is 0 Å². The van der Waals surface area contributed by atoms with Gasteiger partial charge in [0.2, 0.25) is 0 Å². The monoisotopic (exact) mass is 329 g/mol. The van der Waals surface area contributed by atoms with Crippen LogP contribution in [-0.4, -0.2) is 18.9 Å². The van der Waals surface area contributed by atoms with Crippen LogP contribution in [0.25, 0.3) is 6.08 Å². The number of ether oxygens (including phenoxy) is 1. The summed E-state index contributed by atoms with van der Waals surface area (Å²) in [5, 5.41) is 3.15. The van der Waals surface area contributed by atoms with Crippen molar-refractivity contribution in [1.82, 2.24) is 5.32 Å². The van der Waals surface area contributed by atoms with Crippen LogP contribution in [0.1, 0.15) is 21.5 Å². The summed E-state index contributed by atoms with van der Waals surface area (Å²) in [4.78, 5) is 22.3. The smallest absolute Gasteiger partial charge is 0.407 e. The second-order valence-electron chi connectivity index (χ2n) is 4.74. The lowest BCUT2D eigenvalue weighted by atomic mass is 10.1. The zero-order valence-corrected chi connectivity index (χ0v) is 13.1. The van der Waals surface area contributed by atoms with Gasteiger partial charge in [-0.05, 0) is 23.3 Å². The fourth-order valence-electron chi connectivity index (χ4n) is 1.87. The van der Waals surface area contributed by atoms with Gasteiger partial charge in [-0.15, -0.1) is 0 Å². The van der Waals surface area contributed by atoms with E-state index in [1.165, 1.54) is 0 Å². The molecule has 2 aromatic rings. The molecule has 0 saturated heterocycles. The highest BCUT2D eigenvalue weighted by Gasteiger charge is 2.01. The van der Waals surface area contributed by atoms with E-state index >= 15 is 0 Å². The molecule has 0 aliphatic heterocycles. The standard InChI is InChI=1S/C18H16ClNO3/c19-17-9-8-15(12-21)11-16(17)7-4-10-20-18(22)23-13-14-5-2-1-3-6-14/h1-9,11-12H,10,13H2,(H,20,22). The maximum atomic E-state index is 11.6. The van der Waals surface area contributed by atoms with Crippen molar-refractivity contribution in [1.29, 1.82) is 0 Å². The van der Waals surface area contributed by atoms with Crippen LogP contribution in [0.3, 0.4) is 0 Å². The van der Waals surface area contributed by atoms with E-state index in [4.69, 9.17) is 16.3 Å². The maximum Gasteiger partial charge on any atom is 0.407 e. The molecule has 0 bridgehead atoms. The minimum Gasteiger partial charge on any atom is -0.445 e. The zero-order valence-electron chi connectivity index (χ0n) is 12.4. The van der Waals surface area contributed by atoms with Crippen LogP contribution in [0.5, 0.6) is 0 Å². The largest absolute Gasteiger partial charge is 0.445 e. The van der Waals surface area contributed by atoms with Crippen LogP contribution >= 0.6 is 11.6 Å². The number of hydrogen-bond donors (Lipinski definition) is 1. The first-order valence-electron chi connectivity index (χ1n) is 7.05. The molecule has 0 unspecified atom stereocenters. The van der Waals surface area contributed by atoms with E-state index < -0.39 is 6.09 Å². The van der Waals surface area contributed by atoms with Gasteiger partial charge in [0.1, 0.15) is 12.9 Å². The van der Waals surface area contributed by atoms with Gasteiger partial charge in [0, 0.05) is 17.1 Å². The minimum absolute atomic E-state index is 0.226. The Bertz CT molecular complexity index is 699. The van der Waals surface area contributed by atoms with E-state index in [2.05, 4.69) is 5.32 Å². The summed E-state index contributed by atoms with van der Waals surface area (Å²) in [5.74, 6) is 0. The molecule has 0 aromatic heterocycles. The Morgan fingerprint density at radius 2 is 1.96 bits per heavy atom.